The van der Waals surface area contributed by atoms with E-state index in [4.69, 9.17) is 0 Å². The summed E-state index contributed by atoms with van der Waals surface area (Å²) >= 11 is 0. The predicted octanol–water partition coefficient (Wildman–Crippen LogP) is 1.86. The first-order valence-electron chi connectivity index (χ1n) is 8.18. The molecule has 26 heavy (non-hydrogen) atoms. The summed E-state index contributed by atoms with van der Waals surface area (Å²) in [5.74, 6) is 0.805. The van der Waals surface area contributed by atoms with Crippen LogP contribution in [-0.4, -0.2) is 56.3 Å². The fraction of sp³-hybridized carbons (Fsp3) is 0.375. The maximum absolute atomic E-state index is 12.6. The number of alkyl halides is 3. The van der Waals surface area contributed by atoms with Gasteiger partial charge in [-0.25, -0.2) is 0 Å². The maximum atomic E-state index is 12.6. The highest BCUT2D eigenvalue weighted by atomic mass is 19.4. The maximum Gasteiger partial charge on any atom is 0.416 e. The Morgan fingerprint density at radius 1 is 0.923 bits per heavy atom. The van der Waals surface area contributed by atoms with Crippen molar-refractivity contribution in [2.24, 2.45) is 0 Å². The molecule has 4 rings (SSSR count). The summed E-state index contributed by atoms with van der Waals surface area (Å²) in [6, 6.07) is 9.06. The predicted molar refractivity (Wildman–Crippen MR) is 87.5 cm³/mol. The van der Waals surface area contributed by atoms with Gasteiger partial charge in [0.25, 0.3) is 0 Å². The molecule has 0 atom stereocenters. The number of nitrogens with zero attached hydrogens (tertiary/aromatic N) is 7. The van der Waals surface area contributed by atoms with Crippen molar-refractivity contribution in [2.75, 3.05) is 31.1 Å². The van der Waals surface area contributed by atoms with Crippen LogP contribution in [0.25, 0.3) is 5.65 Å². The summed E-state index contributed by atoms with van der Waals surface area (Å²) in [6.45, 7) is 3.79. The lowest BCUT2D eigenvalue weighted by molar-refractivity contribution is -0.137. The second-order valence-electron chi connectivity index (χ2n) is 6.18. The molecule has 0 N–H and O–H groups in total. The Hall–Kier alpha value is -2.75. The van der Waals surface area contributed by atoms with Gasteiger partial charge in [-0.2, -0.15) is 13.2 Å². The summed E-state index contributed by atoms with van der Waals surface area (Å²) in [4.78, 5) is 4.36. The first-order valence-corrected chi connectivity index (χ1v) is 8.18. The molecule has 1 aliphatic heterocycles. The van der Waals surface area contributed by atoms with Gasteiger partial charge in [0.1, 0.15) is 0 Å². The Morgan fingerprint density at radius 2 is 1.65 bits per heavy atom. The van der Waals surface area contributed by atoms with Crippen LogP contribution in [0.15, 0.2) is 36.4 Å². The molecule has 1 fully saturated rings. The van der Waals surface area contributed by atoms with Crippen LogP contribution in [0.2, 0.25) is 0 Å². The molecule has 1 saturated heterocycles. The Kier molecular flexibility index (Phi) is 4.19. The van der Waals surface area contributed by atoms with Crippen molar-refractivity contribution in [3.8, 4) is 0 Å². The Bertz CT molecular complexity index is 883. The molecule has 1 aromatic carbocycles. The van der Waals surface area contributed by atoms with E-state index in [0.29, 0.717) is 12.2 Å². The first kappa shape index (κ1) is 16.7. The fourth-order valence-corrected chi connectivity index (χ4v) is 3.00. The van der Waals surface area contributed by atoms with Crippen molar-refractivity contribution in [1.82, 2.24) is 30.2 Å². The van der Waals surface area contributed by atoms with Crippen LogP contribution >= 0.6 is 0 Å². The lowest BCUT2D eigenvalue weighted by atomic mass is 10.1. The van der Waals surface area contributed by atoms with Gasteiger partial charge >= 0.3 is 6.18 Å². The van der Waals surface area contributed by atoms with Crippen LogP contribution < -0.4 is 4.90 Å². The van der Waals surface area contributed by atoms with E-state index in [1.807, 2.05) is 12.1 Å². The number of tetrazole rings is 1. The van der Waals surface area contributed by atoms with E-state index in [0.717, 1.165) is 49.7 Å². The molecule has 0 bridgehead atoms. The Labute approximate surface area is 147 Å². The van der Waals surface area contributed by atoms with Gasteiger partial charge in [0, 0.05) is 32.7 Å². The van der Waals surface area contributed by atoms with E-state index in [2.05, 4.69) is 30.4 Å². The molecule has 10 heteroatoms. The second kappa shape index (κ2) is 6.52. The number of hydrogen-bond donors (Lipinski definition) is 0. The molecular weight excluding hydrogens is 347 g/mol. The molecule has 0 amide bonds. The van der Waals surface area contributed by atoms with Crippen LogP contribution in [0, 0.1) is 0 Å². The van der Waals surface area contributed by atoms with E-state index in [1.165, 1.54) is 4.63 Å². The van der Waals surface area contributed by atoms with E-state index < -0.39 is 11.7 Å². The molecule has 3 heterocycles. The molecule has 0 saturated carbocycles. The Balaban J connectivity index is 1.36. The number of hydrogen-bond acceptors (Lipinski definition) is 6. The van der Waals surface area contributed by atoms with Crippen molar-refractivity contribution in [3.63, 3.8) is 0 Å². The van der Waals surface area contributed by atoms with Gasteiger partial charge in [-0.1, -0.05) is 12.1 Å². The SMILES string of the molecule is FC(F)(F)c1ccc(CN2CCN(c3ccc4nnnn4n3)CC2)cc1. The minimum absolute atomic E-state index is 0.592. The molecule has 0 radical (unpaired) electrons. The average molecular weight is 363 g/mol. The third-order valence-corrected chi connectivity index (χ3v) is 4.44. The molecule has 2 aromatic heterocycles. The number of fused-ring (bicyclic) bond motifs is 1. The molecule has 3 aromatic rings. The minimum atomic E-state index is -4.29. The quantitative estimate of drug-likeness (QED) is 0.708. The van der Waals surface area contributed by atoms with Crippen molar-refractivity contribution in [2.45, 2.75) is 12.7 Å². The van der Waals surface area contributed by atoms with Crippen molar-refractivity contribution in [1.29, 1.82) is 0 Å². The average Bonchev–Trinajstić information content (AvgIpc) is 3.10. The third-order valence-electron chi connectivity index (χ3n) is 4.44. The van der Waals surface area contributed by atoms with E-state index >= 15 is 0 Å². The standard InChI is InChI=1S/C16H16F3N7/c17-16(18,19)13-3-1-12(2-4-13)11-24-7-9-25(10-8-24)15-6-5-14-20-22-23-26(14)21-15/h1-6H,7-11H2. The summed E-state index contributed by atoms with van der Waals surface area (Å²) in [5, 5.41) is 15.6. The summed E-state index contributed by atoms with van der Waals surface area (Å²) in [6.07, 6.45) is -4.29. The number of halogens is 3. The number of rotatable bonds is 3. The second-order valence-corrected chi connectivity index (χ2v) is 6.18. The first-order chi connectivity index (χ1) is 12.5. The number of benzene rings is 1. The summed E-state index contributed by atoms with van der Waals surface area (Å²) in [5.41, 5.74) is 0.851. The summed E-state index contributed by atoms with van der Waals surface area (Å²) in [7, 11) is 0. The number of anilines is 1. The van der Waals surface area contributed by atoms with Gasteiger partial charge in [-0.05, 0) is 40.3 Å². The van der Waals surface area contributed by atoms with Crippen LogP contribution in [0.3, 0.4) is 0 Å². The highest BCUT2D eigenvalue weighted by Gasteiger charge is 2.30. The lowest BCUT2D eigenvalue weighted by Gasteiger charge is -2.35. The van der Waals surface area contributed by atoms with Crippen molar-refractivity contribution in [3.05, 3.63) is 47.5 Å². The van der Waals surface area contributed by atoms with Gasteiger partial charge in [-0.3, -0.25) is 4.90 Å². The van der Waals surface area contributed by atoms with Crippen LogP contribution in [-0.2, 0) is 12.7 Å². The number of piperazine rings is 1. The smallest absolute Gasteiger partial charge is 0.353 e. The molecule has 0 spiro atoms. The van der Waals surface area contributed by atoms with Crippen molar-refractivity contribution >= 4 is 11.5 Å². The zero-order valence-corrected chi connectivity index (χ0v) is 13.8. The minimum Gasteiger partial charge on any atom is -0.353 e. The van der Waals surface area contributed by atoms with Crippen LogP contribution in [0.1, 0.15) is 11.1 Å². The largest absolute Gasteiger partial charge is 0.416 e. The highest BCUT2D eigenvalue weighted by molar-refractivity contribution is 5.44. The molecule has 7 nitrogen and oxygen atoms in total. The van der Waals surface area contributed by atoms with Gasteiger partial charge in [0.05, 0.1) is 5.56 Å². The van der Waals surface area contributed by atoms with E-state index in [1.54, 1.807) is 12.1 Å². The van der Waals surface area contributed by atoms with Gasteiger partial charge in [-0.15, -0.1) is 14.8 Å². The lowest BCUT2D eigenvalue weighted by Crippen LogP contribution is -2.46. The topological polar surface area (TPSA) is 62.5 Å². The molecule has 136 valence electrons. The van der Waals surface area contributed by atoms with E-state index in [9.17, 15) is 13.2 Å². The zero-order valence-electron chi connectivity index (χ0n) is 13.8. The molecule has 0 unspecified atom stereocenters. The molecular formula is C16H16F3N7. The van der Waals surface area contributed by atoms with E-state index in [-0.39, 0.29) is 0 Å². The van der Waals surface area contributed by atoms with Crippen LogP contribution in [0.4, 0.5) is 19.0 Å². The van der Waals surface area contributed by atoms with Gasteiger partial charge in [0.15, 0.2) is 11.5 Å². The van der Waals surface area contributed by atoms with Gasteiger partial charge < -0.3 is 4.90 Å². The molecule has 1 aliphatic rings. The monoisotopic (exact) mass is 363 g/mol. The van der Waals surface area contributed by atoms with Crippen LogP contribution in [0.5, 0.6) is 0 Å². The zero-order chi connectivity index (χ0) is 18.1. The fourth-order valence-electron chi connectivity index (χ4n) is 3.00. The number of aromatic nitrogens is 5. The Morgan fingerprint density at radius 3 is 2.35 bits per heavy atom. The van der Waals surface area contributed by atoms with Crippen molar-refractivity contribution < 1.29 is 13.2 Å². The highest BCUT2D eigenvalue weighted by Crippen LogP contribution is 2.29. The van der Waals surface area contributed by atoms with Gasteiger partial charge in [0.2, 0.25) is 0 Å². The normalized spacial score (nSPS) is 16.3. The molecule has 0 aliphatic carbocycles. The third kappa shape index (κ3) is 3.45. The summed E-state index contributed by atoms with van der Waals surface area (Å²) < 4.78 is 39.3.